The van der Waals surface area contributed by atoms with Crippen LogP contribution in [0.4, 0.5) is 0 Å². The summed E-state index contributed by atoms with van der Waals surface area (Å²) in [7, 11) is 2.23. The number of likely N-dealkylation sites (N-methyl/N-ethyl adjacent to an activating group) is 1. The summed E-state index contributed by atoms with van der Waals surface area (Å²) in [4.78, 5) is 9.54. The Morgan fingerprint density at radius 3 is 2.52 bits per heavy atom. The van der Waals surface area contributed by atoms with E-state index in [0.717, 1.165) is 57.6 Å². The number of rotatable bonds is 5. The Kier molecular flexibility index (Phi) is 6.77. The van der Waals surface area contributed by atoms with Gasteiger partial charge in [0.1, 0.15) is 0 Å². The van der Waals surface area contributed by atoms with Crippen molar-refractivity contribution in [1.29, 1.82) is 0 Å². The SMILES string of the molecule is CCNC(=NCCN(C)C1CCCC1)N1CCC(O)CC1. The van der Waals surface area contributed by atoms with Gasteiger partial charge in [-0.3, -0.25) is 4.99 Å². The van der Waals surface area contributed by atoms with Crippen LogP contribution in [0.1, 0.15) is 45.4 Å². The third-order valence-corrected chi connectivity index (χ3v) is 4.76. The van der Waals surface area contributed by atoms with Crippen LogP contribution >= 0.6 is 0 Å². The molecule has 2 rings (SSSR count). The molecule has 0 aromatic heterocycles. The van der Waals surface area contributed by atoms with Gasteiger partial charge in [-0.25, -0.2) is 0 Å². The number of nitrogens with zero attached hydrogens (tertiary/aromatic N) is 3. The molecular weight excluding hydrogens is 264 g/mol. The van der Waals surface area contributed by atoms with Gasteiger partial charge in [0, 0.05) is 32.2 Å². The average Bonchev–Trinajstić information content (AvgIpc) is 3.01. The molecule has 1 aliphatic heterocycles. The Labute approximate surface area is 129 Å². The Morgan fingerprint density at radius 1 is 1.24 bits per heavy atom. The predicted molar refractivity (Wildman–Crippen MR) is 87.7 cm³/mol. The first-order valence-electron chi connectivity index (χ1n) is 8.62. The Hall–Kier alpha value is -0.810. The summed E-state index contributed by atoms with van der Waals surface area (Å²) < 4.78 is 0. The van der Waals surface area contributed by atoms with Gasteiger partial charge in [0.25, 0.3) is 0 Å². The largest absolute Gasteiger partial charge is 0.393 e. The van der Waals surface area contributed by atoms with E-state index >= 15 is 0 Å². The van der Waals surface area contributed by atoms with E-state index < -0.39 is 0 Å². The van der Waals surface area contributed by atoms with Crippen molar-refractivity contribution in [3.63, 3.8) is 0 Å². The molecule has 0 spiro atoms. The van der Waals surface area contributed by atoms with E-state index in [2.05, 4.69) is 29.1 Å². The van der Waals surface area contributed by atoms with E-state index in [1.165, 1.54) is 25.7 Å². The number of hydrogen-bond donors (Lipinski definition) is 2. The highest BCUT2D eigenvalue weighted by molar-refractivity contribution is 5.80. The summed E-state index contributed by atoms with van der Waals surface area (Å²) in [5.74, 6) is 1.02. The van der Waals surface area contributed by atoms with Gasteiger partial charge in [0.2, 0.25) is 0 Å². The van der Waals surface area contributed by atoms with Gasteiger partial charge in [-0.05, 0) is 39.7 Å². The molecule has 2 aliphatic rings. The van der Waals surface area contributed by atoms with Crippen LogP contribution in [0.5, 0.6) is 0 Å². The molecule has 0 amide bonds. The van der Waals surface area contributed by atoms with Gasteiger partial charge in [-0.15, -0.1) is 0 Å². The normalized spacial score (nSPS) is 22.3. The second kappa shape index (κ2) is 8.59. The minimum absolute atomic E-state index is 0.127. The molecule has 0 unspecified atom stereocenters. The number of aliphatic hydroxyl groups excluding tert-OH is 1. The zero-order chi connectivity index (χ0) is 15.1. The van der Waals surface area contributed by atoms with Crippen LogP contribution in [0.15, 0.2) is 4.99 Å². The van der Waals surface area contributed by atoms with E-state index in [0.29, 0.717) is 0 Å². The number of aliphatic hydroxyl groups is 1. The zero-order valence-electron chi connectivity index (χ0n) is 13.7. The van der Waals surface area contributed by atoms with E-state index in [1.807, 2.05) is 0 Å². The lowest BCUT2D eigenvalue weighted by atomic mass is 10.1. The highest BCUT2D eigenvalue weighted by atomic mass is 16.3. The first kappa shape index (κ1) is 16.6. The summed E-state index contributed by atoms with van der Waals surface area (Å²) in [6.45, 7) is 6.72. The molecule has 1 saturated carbocycles. The van der Waals surface area contributed by atoms with Crippen molar-refractivity contribution >= 4 is 5.96 Å². The van der Waals surface area contributed by atoms with Crippen molar-refractivity contribution in [3.8, 4) is 0 Å². The lowest BCUT2D eigenvalue weighted by Crippen LogP contribution is -2.47. The monoisotopic (exact) mass is 296 g/mol. The van der Waals surface area contributed by atoms with Crippen LogP contribution in [0.2, 0.25) is 0 Å². The summed E-state index contributed by atoms with van der Waals surface area (Å²) in [5.41, 5.74) is 0. The molecule has 0 radical (unpaired) electrons. The number of aliphatic imine (C=N–C) groups is 1. The van der Waals surface area contributed by atoms with E-state index in [-0.39, 0.29) is 6.10 Å². The Morgan fingerprint density at radius 2 is 1.90 bits per heavy atom. The molecule has 5 heteroatoms. The molecule has 21 heavy (non-hydrogen) atoms. The Bertz CT molecular complexity index is 320. The van der Waals surface area contributed by atoms with Crippen molar-refractivity contribution in [2.45, 2.75) is 57.6 Å². The molecular formula is C16H32N4O. The Balaban J connectivity index is 1.79. The van der Waals surface area contributed by atoms with Crippen molar-refractivity contribution < 1.29 is 5.11 Å². The summed E-state index contributed by atoms with van der Waals surface area (Å²) in [5, 5.41) is 13.0. The molecule has 2 fully saturated rings. The summed E-state index contributed by atoms with van der Waals surface area (Å²) >= 11 is 0. The van der Waals surface area contributed by atoms with Crippen LogP contribution in [-0.2, 0) is 0 Å². The van der Waals surface area contributed by atoms with Crippen molar-refractivity contribution in [2.75, 3.05) is 39.8 Å². The van der Waals surface area contributed by atoms with Crippen molar-refractivity contribution in [2.24, 2.45) is 4.99 Å². The quantitative estimate of drug-likeness (QED) is 0.593. The van der Waals surface area contributed by atoms with Gasteiger partial charge in [-0.1, -0.05) is 12.8 Å². The lowest BCUT2D eigenvalue weighted by molar-refractivity contribution is 0.108. The predicted octanol–water partition coefficient (Wildman–Crippen LogP) is 1.28. The van der Waals surface area contributed by atoms with Crippen LogP contribution in [0.25, 0.3) is 0 Å². The fraction of sp³-hybridized carbons (Fsp3) is 0.938. The maximum atomic E-state index is 9.62. The summed E-state index contributed by atoms with van der Waals surface area (Å²) in [6.07, 6.45) is 7.05. The van der Waals surface area contributed by atoms with Crippen LogP contribution in [0.3, 0.4) is 0 Å². The molecule has 1 aliphatic carbocycles. The van der Waals surface area contributed by atoms with Crippen LogP contribution in [-0.4, -0.2) is 72.8 Å². The number of nitrogens with one attached hydrogen (secondary N) is 1. The molecule has 1 saturated heterocycles. The van der Waals surface area contributed by atoms with Crippen LogP contribution in [0, 0.1) is 0 Å². The topological polar surface area (TPSA) is 51.1 Å². The molecule has 0 aromatic carbocycles. The molecule has 0 atom stereocenters. The minimum atomic E-state index is -0.127. The number of hydrogen-bond acceptors (Lipinski definition) is 3. The molecule has 2 N–H and O–H groups in total. The average molecular weight is 296 g/mol. The first-order valence-corrected chi connectivity index (χ1v) is 8.62. The third-order valence-electron chi connectivity index (χ3n) is 4.76. The molecule has 5 nitrogen and oxygen atoms in total. The first-order chi connectivity index (χ1) is 10.2. The van der Waals surface area contributed by atoms with E-state index in [4.69, 9.17) is 4.99 Å². The van der Waals surface area contributed by atoms with Crippen molar-refractivity contribution in [1.82, 2.24) is 15.1 Å². The van der Waals surface area contributed by atoms with Crippen LogP contribution < -0.4 is 5.32 Å². The van der Waals surface area contributed by atoms with Crippen molar-refractivity contribution in [3.05, 3.63) is 0 Å². The maximum Gasteiger partial charge on any atom is 0.193 e. The standard InChI is InChI=1S/C16H32N4O/c1-3-17-16(20-11-8-15(21)9-12-20)18-10-13-19(2)14-6-4-5-7-14/h14-15,21H,3-13H2,1-2H3,(H,17,18). The van der Waals surface area contributed by atoms with Gasteiger partial charge < -0.3 is 20.2 Å². The van der Waals surface area contributed by atoms with E-state index in [9.17, 15) is 5.11 Å². The van der Waals surface area contributed by atoms with Gasteiger partial charge in [0.15, 0.2) is 5.96 Å². The highest BCUT2D eigenvalue weighted by Gasteiger charge is 2.21. The smallest absolute Gasteiger partial charge is 0.193 e. The minimum Gasteiger partial charge on any atom is -0.393 e. The van der Waals surface area contributed by atoms with Gasteiger partial charge in [-0.2, -0.15) is 0 Å². The fourth-order valence-electron chi connectivity index (χ4n) is 3.34. The number of guanidine groups is 1. The molecule has 0 bridgehead atoms. The molecule has 0 aromatic rings. The molecule has 1 heterocycles. The summed E-state index contributed by atoms with van der Waals surface area (Å²) in [6, 6.07) is 0.771. The lowest BCUT2D eigenvalue weighted by Gasteiger charge is -2.32. The van der Waals surface area contributed by atoms with Gasteiger partial charge >= 0.3 is 0 Å². The molecule has 122 valence electrons. The zero-order valence-corrected chi connectivity index (χ0v) is 13.7. The maximum absolute atomic E-state index is 9.62. The number of likely N-dealkylation sites (tertiary alicyclic amines) is 1. The highest BCUT2D eigenvalue weighted by Crippen LogP contribution is 2.21. The van der Waals surface area contributed by atoms with E-state index in [1.54, 1.807) is 0 Å². The third kappa shape index (κ3) is 5.15. The second-order valence-corrected chi connectivity index (χ2v) is 6.37. The second-order valence-electron chi connectivity index (χ2n) is 6.37. The fourth-order valence-corrected chi connectivity index (χ4v) is 3.34. The van der Waals surface area contributed by atoms with Gasteiger partial charge in [0.05, 0.1) is 12.6 Å². The number of piperidine rings is 1.